The lowest BCUT2D eigenvalue weighted by molar-refractivity contribution is 1.64. The van der Waals surface area contributed by atoms with Crippen LogP contribution in [0.4, 0.5) is 11.4 Å². The summed E-state index contributed by atoms with van der Waals surface area (Å²) in [4.78, 5) is 3.22. The monoisotopic (exact) mass is 142 g/mol. The molecule has 0 radical (unpaired) electrons. The Hall–Kier alpha value is -1.93. The highest BCUT2D eigenvalue weighted by atomic mass is 14.6. The molecule has 0 amide bonds. The predicted octanol–water partition coefficient (Wildman–Crippen LogP) is 1.80. The molecule has 0 saturated carbocycles. The Morgan fingerprint density at radius 3 is 2.82 bits per heavy atom. The number of rotatable bonds is 0. The summed E-state index contributed by atoms with van der Waals surface area (Å²) in [6.07, 6.45) is 5.14. The van der Waals surface area contributed by atoms with Gasteiger partial charge in [-0.3, -0.25) is 0 Å². The lowest BCUT2D eigenvalue weighted by atomic mass is 10.2. The van der Waals surface area contributed by atoms with Crippen molar-refractivity contribution < 1.29 is 0 Å². The molecule has 11 heavy (non-hydrogen) atoms. The van der Waals surface area contributed by atoms with Crippen LogP contribution in [0.25, 0.3) is 4.85 Å². The van der Waals surface area contributed by atoms with E-state index in [9.17, 15) is 0 Å². The zero-order valence-electron chi connectivity index (χ0n) is 5.83. The minimum Gasteiger partial charge on any atom is -0.398 e. The maximum absolute atomic E-state index is 6.70. The van der Waals surface area contributed by atoms with Gasteiger partial charge in [0.2, 0.25) is 0 Å². The maximum atomic E-state index is 6.70. The summed E-state index contributed by atoms with van der Waals surface area (Å²) in [6, 6.07) is 4.88. The smallest absolute Gasteiger partial charge is 0.188 e. The zero-order valence-corrected chi connectivity index (χ0v) is 5.83. The molecule has 0 atom stereocenters. The van der Waals surface area contributed by atoms with E-state index in [1.54, 1.807) is 18.2 Å². The Labute approximate surface area is 65.5 Å². The standard InChI is InChI=1S/C9H6N2/c1-3-7-6-8(11-2)4-5-9(7)10/h1,4-6H,10H2. The molecule has 0 aliphatic rings. The molecule has 0 spiro atoms. The van der Waals surface area contributed by atoms with Crippen molar-refractivity contribution in [2.75, 3.05) is 5.73 Å². The number of hydrogen-bond acceptors (Lipinski definition) is 1. The second-order valence-corrected chi connectivity index (χ2v) is 2.03. The first kappa shape index (κ1) is 7.18. The van der Waals surface area contributed by atoms with Gasteiger partial charge in [-0.25, -0.2) is 4.85 Å². The van der Waals surface area contributed by atoms with Gasteiger partial charge >= 0.3 is 0 Å². The second-order valence-electron chi connectivity index (χ2n) is 2.03. The Balaban J connectivity index is 3.29. The highest BCUT2D eigenvalue weighted by Gasteiger charge is 1.95. The van der Waals surface area contributed by atoms with Crippen LogP contribution in [0.2, 0.25) is 0 Å². The summed E-state index contributed by atoms with van der Waals surface area (Å²) in [5.74, 6) is 2.40. The molecular weight excluding hydrogens is 136 g/mol. The highest BCUT2D eigenvalue weighted by Crippen LogP contribution is 2.18. The van der Waals surface area contributed by atoms with E-state index >= 15 is 0 Å². The zero-order chi connectivity index (χ0) is 8.27. The molecule has 2 heteroatoms. The minimum atomic E-state index is 0.521. The fourth-order valence-electron chi connectivity index (χ4n) is 0.739. The SMILES string of the molecule is [C-]#[N+]c1ccc(N)c(C#C)c1. The van der Waals surface area contributed by atoms with Crippen LogP contribution in [0.3, 0.4) is 0 Å². The predicted molar refractivity (Wildman–Crippen MR) is 45.1 cm³/mol. The molecule has 0 bridgehead atoms. The third-order valence-electron chi connectivity index (χ3n) is 1.32. The van der Waals surface area contributed by atoms with Crippen LogP contribution < -0.4 is 5.73 Å². The average molecular weight is 142 g/mol. The van der Waals surface area contributed by atoms with Gasteiger partial charge in [-0.2, -0.15) is 0 Å². The van der Waals surface area contributed by atoms with Gasteiger partial charge in [0.15, 0.2) is 5.69 Å². The fraction of sp³-hybridized carbons (Fsp3) is 0. The van der Waals surface area contributed by atoms with Crippen LogP contribution in [0.5, 0.6) is 0 Å². The molecular formula is C9H6N2. The quantitative estimate of drug-likeness (QED) is 0.334. The fourth-order valence-corrected chi connectivity index (χ4v) is 0.739. The van der Waals surface area contributed by atoms with Crippen molar-refractivity contribution >= 4 is 11.4 Å². The number of hydrogen-bond donors (Lipinski definition) is 1. The van der Waals surface area contributed by atoms with Crippen LogP contribution in [-0.2, 0) is 0 Å². The molecule has 2 nitrogen and oxygen atoms in total. The topological polar surface area (TPSA) is 30.4 Å². The van der Waals surface area contributed by atoms with Gasteiger partial charge in [0.05, 0.1) is 6.57 Å². The van der Waals surface area contributed by atoms with Crippen LogP contribution in [0, 0.1) is 18.9 Å². The van der Waals surface area contributed by atoms with Crippen molar-refractivity contribution in [2.24, 2.45) is 0 Å². The highest BCUT2D eigenvalue weighted by molar-refractivity contribution is 5.62. The lowest BCUT2D eigenvalue weighted by Gasteiger charge is -1.96. The van der Waals surface area contributed by atoms with Crippen LogP contribution in [-0.4, -0.2) is 0 Å². The van der Waals surface area contributed by atoms with Crippen LogP contribution >= 0.6 is 0 Å². The maximum Gasteiger partial charge on any atom is 0.188 e. The number of nitrogen functional groups attached to an aromatic ring is 1. The minimum absolute atomic E-state index is 0.521. The lowest BCUT2D eigenvalue weighted by Crippen LogP contribution is -1.87. The van der Waals surface area contributed by atoms with Gasteiger partial charge in [-0.05, 0) is 12.1 Å². The summed E-state index contributed by atoms with van der Waals surface area (Å²) in [7, 11) is 0. The van der Waals surface area contributed by atoms with Crippen LogP contribution in [0.15, 0.2) is 18.2 Å². The van der Waals surface area contributed by atoms with E-state index in [1.807, 2.05) is 0 Å². The van der Waals surface area contributed by atoms with Crippen LogP contribution in [0.1, 0.15) is 5.56 Å². The summed E-state index contributed by atoms with van der Waals surface area (Å²) in [5.41, 5.74) is 7.15. The van der Waals surface area contributed by atoms with Gasteiger partial charge in [-0.15, -0.1) is 6.42 Å². The van der Waals surface area contributed by atoms with Gasteiger partial charge in [-0.1, -0.05) is 12.0 Å². The number of anilines is 1. The van der Waals surface area contributed by atoms with Crippen molar-refractivity contribution in [3.05, 3.63) is 35.2 Å². The molecule has 0 aliphatic carbocycles. The van der Waals surface area contributed by atoms with E-state index in [0.717, 1.165) is 0 Å². The molecule has 0 fully saturated rings. The molecule has 1 aromatic carbocycles. The molecule has 1 rings (SSSR count). The van der Waals surface area contributed by atoms with Gasteiger partial charge in [0, 0.05) is 11.3 Å². The number of terminal acetylenes is 1. The molecule has 52 valence electrons. The van der Waals surface area contributed by atoms with Gasteiger partial charge in [0.25, 0.3) is 0 Å². The number of nitrogens with two attached hydrogens (primary N) is 1. The third kappa shape index (κ3) is 1.31. The van der Waals surface area contributed by atoms with E-state index in [4.69, 9.17) is 18.7 Å². The van der Waals surface area contributed by atoms with Crippen molar-refractivity contribution in [1.82, 2.24) is 0 Å². The molecule has 0 unspecified atom stereocenters. The first-order valence-electron chi connectivity index (χ1n) is 3.01. The molecule has 2 N–H and O–H groups in total. The summed E-state index contributed by atoms with van der Waals surface area (Å²) in [6.45, 7) is 6.70. The Morgan fingerprint density at radius 2 is 2.27 bits per heavy atom. The third-order valence-corrected chi connectivity index (χ3v) is 1.32. The average Bonchev–Trinajstić information content (AvgIpc) is 2.05. The first-order valence-corrected chi connectivity index (χ1v) is 3.01. The largest absolute Gasteiger partial charge is 0.398 e. The van der Waals surface area contributed by atoms with Crippen molar-refractivity contribution in [3.63, 3.8) is 0 Å². The number of nitrogens with zero attached hydrogens (tertiary/aromatic N) is 1. The van der Waals surface area contributed by atoms with E-state index in [1.165, 1.54) is 0 Å². The Morgan fingerprint density at radius 1 is 1.55 bits per heavy atom. The second kappa shape index (κ2) is 2.77. The van der Waals surface area contributed by atoms with E-state index in [2.05, 4.69) is 10.8 Å². The van der Waals surface area contributed by atoms with Gasteiger partial charge < -0.3 is 5.73 Å². The molecule has 0 saturated heterocycles. The summed E-state index contributed by atoms with van der Waals surface area (Å²) >= 11 is 0. The normalized spacial score (nSPS) is 8.18. The Kier molecular flexibility index (Phi) is 1.81. The molecule has 0 aliphatic heterocycles. The summed E-state index contributed by atoms with van der Waals surface area (Å²) in [5, 5.41) is 0. The molecule has 1 aromatic rings. The van der Waals surface area contributed by atoms with Crippen molar-refractivity contribution in [3.8, 4) is 12.3 Å². The van der Waals surface area contributed by atoms with Crippen molar-refractivity contribution in [2.45, 2.75) is 0 Å². The van der Waals surface area contributed by atoms with E-state index in [-0.39, 0.29) is 0 Å². The van der Waals surface area contributed by atoms with E-state index in [0.29, 0.717) is 16.9 Å². The van der Waals surface area contributed by atoms with Crippen molar-refractivity contribution in [1.29, 1.82) is 0 Å². The molecule has 0 aromatic heterocycles. The van der Waals surface area contributed by atoms with E-state index < -0.39 is 0 Å². The van der Waals surface area contributed by atoms with Gasteiger partial charge in [0.1, 0.15) is 0 Å². The molecule has 0 heterocycles. The Bertz CT molecular complexity index is 353. The number of benzene rings is 1. The first-order chi connectivity index (χ1) is 5.27. The summed E-state index contributed by atoms with van der Waals surface area (Å²) < 4.78 is 0.